The van der Waals surface area contributed by atoms with Crippen molar-refractivity contribution in [2.45, 2.75) is 83.3 Å². The quantitative estimate of drug-likeness (QED) is 0.166. The van der Waals surface area contributed by atoms with Gasteiger partial charge in [0.25, 0.3) is 0 Å². The van der Waals surface area contributed by atoms with Gasteiger partial charge in [-0.25, -0.2) is 4.98 Å². The summed E-state index contributed by atoms with van der Waals surface area (Å²) >= 11 is 0. The molecule has 49 heavy (non-hydrogen) atoms. The van der Waals surface area contributed by atoms with Gasteiger partial charge in [0, 0.05) is 23.4 Å². The van der Waals surface area contributed by atoms with Crippen molar-refractivity contribution >= 4 is 23.1 Å². The first-order valence-corrected chi connectivity index (χ1v) is 17.1. The molecule has 3 aliphatic rings. The number of hydrogen-bond donors (Lipinski definition) is 0. The third-order valence-corrected chi connectivity index (χ3v) is 10.1. The SMILES string of the molecule is CC(C)(C)c1ccnc(N2c3[c-]c(Oc4[c-]c(C5=N[C@@H]6CCCC[C@@H]6O5)cc(-c5ccccc5)c4)ccc3C(C)(C)c3ccccc32)c1.[Pt+2]. The Morgan fingerprint density at radius 2 is 1.59 bits per heavy atom. The Bertz CT molecular complexity index is 2030. The molecule has 2 atom stereocenters. The predicted molar refractivity (Wildman–Crippen MR) is 193 cm³/mol. The van der Waals surface area contributed by atoms with E-state index >= 15 is 0 Å². The minimum absolute atomic E-state index is 0. The van der Waals surface area contributed by atoms with E-state index in [1.807, 2.05) is 24.4 Å². The van der Waals surface area contributed by atoms with Crippen LogP contribution in [0.2, 0.25) is 0 Å². The first-order chi connectivity index (χ1) is 23.1. The molecule has 0 bridgehead atoms. The van der Waals surface area contributed by atoms with Crippen molar-refractivity contribution in [2.24, 2.45) is 4.99 Å². The molecule has 2 aliphatic heterocycles. The van der Waals surface area contributed by atoms with Gasteiger partial charge in [0.2, 0.25) is 0 Å². The van der Waals surface area contributed by atoms with Gasteiger partial charge in [-0.1, -0.05) is 119 Å². The zero-order valence-corrected chi connectivity index (χ0v) is 31.0. The molecular formula is C43H41N3O2Pt. The van der Waals surface area contributed by atoms with E-state index in [1.165, 1.54) is 24.0 Å². The van der Waals surface area contributed by atoms with Gasteiger partial charge in [0.1, 0.15) is 17.8 Å². The van der Waals surface area contributed by atoms with Crippen molar-refractivity contribution < 1.29 is 30.5 Å². The second kappa shape index (κ2) is 12.9. The van der Waals surface area contributed by atoms with Crippen LogP contribution in [0.3, 0.4) is 0 Å². The maximum Gasteiger partial charge on any atom is 2.00 e. The summed E-state index contributed by atoms with van der Waals surface area (Å²) in [6.45, 7) is 11.2. The van der Waals surface area contributed by atoms with Crippen LogP contribution < -0.4 is 9.64 Å². The minimum Gasteiger partial charge on any atom is -0.515 e. The van der Waals surface area contributed by atoms with Crippen LogP contribution in [0.25, 0.3) is 11.1 Å². The van der Waals surface area contributed by atoms with Crippen LogP contribution in [0, 0.1) is 12.1 Å². The summed E-state index contributed by atoms with van der Waals surface area (Å²) < 4.78 is 13.1. The van der Waals surface area contributed by atoms with Gasteiger partial charge in [0.15, 0.2) is 0 Å². The number of anilines is 3. The number of rotatable bonds is 5. The number of aliphatic imine (C=N–C) groups is 1. The Kier molecular flexibility index (Phi) is 8.77. The van der Waals surface area contributed by atoms with E-state index in [4.69, 9.17) is 19.5 Å². The number of hydrogen-bond acceptors (Lipinski definition) is 5. The molecule has 0 N–H and O–H groups in total. The molecule has 5 nitrogen and oxygen atoms in total. The number of nitrogens with zero attached hydrogens (tertiary/aromatic N) is 3. The predicted octanol–water partition coefficient (Wildman–Crippen LogP) is 10.6. The number of benzene rings is 4. The summed E-state index contributed by atoms with van der Waals surface area (Å²) in [5, 5.41) is 0. The maximum absolute atomic E-state index is 6.68. The van der Waals surface area contributed by atoms with Gasteiger partial charge in [-0.2, -0.15) is 6.07 Å². The molecular weight excluding hydrogens is 786 g/mol. The summed E-state index contributed by atoms with van der Waals surface area (Å²) in [6, 6.07) is 39.1. The molecule has 0 amide bonds. The largest absolute Gasteiger partial charge is 2.00 e. The first kappa shape index (κ1) is 33.3. The number of para-hydroxylation sites is 1. The van der Waals surface area contributed by atoms with Crippen LogP contribution in [0.4, 0.5) is 17.2 Å². The third-order valence-electron chi connectivity index (χ3n) is 10.1. The van der Waals surface area contributed by atoms with Gasteiger partial charge < -0.3 is 14.4 Å². The summed E-state index contributed by atoms with van der Waals surface area (Å²) in [4.78, 5) is 12.1. The Morgan fingerprint density at radius 3 is 2.39 bits per heavy atom. The van der Waals surface area contributed by atoms with Gasteiger partial charge >= 0.3 is 21.1 Å². The molecule has 4 aromatic carbocycles. The summed E-state index contributed by atoms with van der Waals surface area (Å²) in [5.74, 6) is 2.73. The first-order valence-electron chi connectivity index (χ1n) is 17.1. The van der Waals surface area contributed by atoms with E-state index in [0.29, 0.717) is 17.4 Å². The fraction of sp³-hybridized carbons (Fsp3) is 0.302. The zero-order chi connectivity index (χ0) is 33.0. The van der Waals surface area contributed by atoms with E-state index in [2.05, 4.69) is 124 Å². The van der Waals surface area contributed by atoms with Gasteiger partial charge in [-0.15, -0.1) is 23.8 Å². The number of ether oxygens (including phenoxy) is 2. The van der Waals surface area contributed by atoms with E-state index in [9.17, 15) is 0 Å². The van der Waals surface area contributed by atoms with Crippen molar-refractivity contribution in [1.29, 1.82) is 0 Å². The van der Waals surface area contributed by atoms with E-state index < -0.39 is 0 Å². The third kappa shape index (κ3) is 6.23. The molecule has 5 aromatic rings. The Hall–Kier alpha value is -4.21. The monoisotopic (exact) mass is 826 g/mol. The Balaban J connectivity index is 0.00000378. The standard InChI is InChI=1S/C43H41N3O2.Pt/c1-42(2,3)31-21-22-44-40(26-31)46-37-17-11-9-15-34(37)43(4,5)35-20-19-32(27-38(35)46)47-33-24-29(28-13-7-6-8-14-28)23-30(25-33)41-45-36-16-10-12-18-39(36)48-41;/h6-9,11,13-15,17,19-24,26,36,39H,10,12,16,18H2,1-5H3;/q-2;+2/t36-,39+;/m1./s1. The van der Waals surface area contributed by atoms with Crippen LogP contribution in [-0.2, 0) is 36.6 Å². The average molecular weight is 827 g/mol. The molecule has 0 saturated heterocycles. The van der Waals surface area contributed by atoms with Gasteiger partial charge in [0.05, 0.1) is 6.04 Å². The smallest absolute Gasteiger partial charge is 0.515 e. The van der Waals surface area contributed by atoms with Crippen LogP contribution in [0.15, 0.2) is 102 Å². The van der Waals surface area contributed by atoms with Crippen LogP contribution in [-0.4, -0.2) is 23.0 Å². The molecule has 1 aromatic heterocycles. The van der Waals surface area contributed by atoms with E-state index in [0.717, 1.165) is 52.3 Å². The minimum atomic E-state index is -0.250. The van der Waals surface area contributed by atoms with Crippen molar-refractivity contribution in [3.05, 3.63) is 132 Å². The van der Waals surface area contributed by atoms with Crippen LogP contribution >= 0.6 is 0 Å². The molecule has 1 fully saturated rings. The fourth-order valence-electron chi connectivity index (χ4n) is 7.36. The van der Waals surface area contributed by atoms with Crippen LogP contribution in [0.1, 0.15) is 82.6 Å². The Morgan fingerprint density at radius 1 is 0.816 bits per heavy atom. The molecule has 0 unspecified atom stereocenters. The second-order valence-electron chi connectivity index (χ2n) is 14.8. The van der Waals surface area contributed by atoms with Crippen molar-refractivity contribution in [3.63, 3.8) is 0 Å². The molecule has 0 radical (unpaired) electrons. The molecule has 1 saturated carbocycles. The molecule has 8 rings (SSSR count). The number of fused-ring (bicyclic) bond motifs is 3. The molecule has 0 spiro atoms. The maximum atomic E-state index is 6.68. The van der Waals surface area contributed by atoms with Gasteiger partial charge in [-0.3, -0.25) is 4.99 Å². The topological polar surface area (TPSA) is 47.0 Å². The van der Waals surface area contributed by atoms with E-state index in [-0.39, 0.29) is 44.0 Å². The van der Waals surface area contributed by atoms with E-state index in [1.54, 1.807) is 0 Å². The molecule has 250 valence electrons. The second-order valence-corrected chi connectivity index (χ2v) is 14.8. The molecule has 6 heteroatoms. The molecule has 1 aliphatic carbocycles. The Labute approximate surface area is 304 Å². The summed E-state index contributed by atoms with van der Waals surface area (Å²) in [6.07, 6.45) is 6.58. The average Bonchev–Trinajstić information content (AvgIpc) is 3.53. The fourth-order valence-corrected chi connectivity index (χ4v) is 7.36. The van der Waals surface area contributed by atoms with Crippen molar-refractivity contribution in [2.75, 3.05) is 4.90 Å². The van der Waals surface area contributed by atoms with Crippen LogP contribution in [0.5, 0.6) is 11.5 Å². The number of pyridine rings is 1. The van der Waals surface area contributed by atoms with Gasteiger partial charge in [-0.05, 0) is 65.0 Å². The molecule has 3 heterocycles. The normalized spacial score (nSPS) is 19.0. The van der Waals surface area contributed by atoms with Crippen molar-refractivity contribution in [3.8, 4) is 22.6 Å². The number of aromatic nitrogens is 1. The van der Waals surface area contributed by atoms with Crippen molar-refractivity contribution in [1.82, 2.24) is 4.98 Å². The summed E-state index contributed by atoms with van der Waals surface area (Å²) in [7, 11) is 0. The summed E-state index contributed by atoms with van der Waals surface area (Å²) in [5.41, 5.74) is 8.33. The zero-order valence-electron chi connectivity index (χ0n) is 28.7.